The second kappa shape index (κ2) is 6.05. The fraction of sp³-hybridized carbons (Fsp3) is 0.0667. The first kappa shape index (κ1) is 15.6. The van der Waals surface area contributed by atoms with Gasteiger partial charge in [0.05, 0.1) is 5.69 Å². The van der Waals surface area contributed by atoms with E-state index in [0.29, 0.717) is 5.13 Å². The first-order valence-corrected chi connectivity index (χ1v) is 8.28. The number of hydrogen-bond acceptors (Lipinski definition) is 3. The molecule has 112 valence electrons. The normalized spacial score (nSPS) is 11.6. The first-order chi connectivity index (χ1) is 10.4. The lowest BCUT2D eigenvalue weighted by Crippen LogP contribution is -2.26. The van der Waals surface area contributed by atoms with Gasteiger partial charge in [0, 0.05) is 10.9 Å². The largest absolute Gasteiger partial charge is 0.298 e. The van der Waals surface area contributed by atoms with Crippen molar-refractivity contribution in [3.8, 4) is 11.3 Å². The number of alkyl halides is 3. The number of hydrogen-bond donors (Lipinski definition) is 1. The number of benzene rings is 2. The quantitative estimate of drug-likeness (QED) is 0.623. The zero-order chi connectivity index (χ0) is 15.7. The highest BCUT2D eigenvalue weighted by Crippen LogP contribution is 2.31. The summed E-state index contributed by atoms with van der Waals surface area (Å²) in [4.78, 5) is 16.0. The van der Waals surface area contributed by atoms with Gasteiger partial charge in [0.25, 0.3) is 9.70 Å². The molecule has 0 saturated heterocycles. The summed E-state index contributed by atoms with van der Waals surface area (Å²) >= 11 is 17.8. The average molecular weight is 372 g/mol. The molecule has 22 heavy (non-hydrogen) atoms. The van der Waals surface area contributed by atoms with Gasteiger partial charge in [-0.1, -0.05) is 71.2 Å². The maximum atomic E-state index is 11.6. The molecule has 0 saturated carbocycles. The number of amides is 1. The SMILES string of the molecule is O=C(Nc1nc(-c2ccc3ccccc3c2)cs1)C(Cl)(Cl)Cl. The number of aromatic nitrogens is 1. The molecule has 0 aliphatic heterocycles. The lowest BCUT2D eigenvalue weighted by Gasteiger charge is -2.08. The van der Waals surface area contributed by atoms with E-state index in [4.69, 9.17) is 34.8 Å². The standard InChI is InChI=1S/C15H9Cl3N2OS/c16-15(17,18)13(21)20-14-19-12(8-22-14)11-6-5-9-3-1-2-4-10(9)7-11/h1-8H,(H,19,20,21). The summed E-state index contributed by atoms with van der Waals surface area (Å²) in [7, 11) is 0. The van der Waals surface area contributed by atoms with Crippen molar-refractivity contribution in [2.24, 2.45) is 0 Å². The Morgan fingerprint density at radius 3 is 2.55 bits per heavy atom. The van der Waals surface area contributed by atoms with Crippen LogP contribution in [0.5, 0.6) is 0 Å². The molecule has 0 bridgehead atoms. The van der Waals surface area contributed by atoms with Crippen molar-refractivity contribution in [1.29, 1.82) is 0 Å². The smallest absolute Gasteiger partial charge is 0.278 e. The second-order valence-electron chi connectivity index (χ2n) is 4.55. The van der Waals surface area contributed by atoms with Crippen molar-refractivity contribution in [1.82, 2.24) is 4.98 Å². The second-order valence-corrected chi connectivity index (χ2v) is 7.69. The average Bonchev–Trinajstić information content (AvgIpc) is 2.94. The van der Waals surface area contributed by atoms with E-state index in [2.05, 4.69) is 10.3 Å². The maximum Gasteiger partial charge on any atom is 0.278 e. The van der Waals surface area contributed by atoms with Crippen molar-refractivity contribution in [3.63, 3.8) is 0 Å². The highest BCUT2D eigenvalue weighted by atomic mass is 35.6. The van der Waals surface area contributed by atoms with E-state index in [-0.39, 0.29) is 0 Å². The molecule has 0 aliphatic carbocycles. The molecule has 1 N–H and O–H groups in total. The van der Waals surface area contributed by atoms with Crippen LogP contribution >= 0.6 is 46.1 Å². The van der Waals surface area contributed by atoms with Gasteiger partial charge in [0.1, 0.15) is 0 Å². The van der Waals surface area contributed by atoms with Crippen molar-refractivity contribution in [2.45, 2.75) is 3.79 Å². The Morgan fingerprint density at radius 1 is 1.09 bits per heavy atom. The van der Waals surface area contributed by atoms with Crippen LogP contribution in [0.15, 0.2) is 47.8 Å². The van der Waals surface area contributed by atoms with Crippen LogP contribution in [0.2, 0.25) is 0 Å². The van der Waals surface area contributed by atoms with Crippen LogP contribution in [0.25, 0.3) is 22.0 Å². The summed E-state index contributed by atoms with van der Waals surface area (Å²) in [5, 5.41) is 7.00. The van der Waals surface area contributed by atoms with Crippen LogP contribution in [0.3, 0.4) is 0 Å². The fourth-order valence-corrected chi connectivity index (χ4v) is 2.84. The molecule has 1 aromatic heterocycles. The van der Waals surface area contributed by atoms with Gasteiger partial charge in [0.2, 0.25) is 0 Å². The van der Waals surface area contributed by atoms with Gasteiger partial charge in [-0.15, -0.1) is 11.3 Å². The van der Waals surface area contributed by atoms with Gasteiger partial charge in [-0.25, -0.2) is 4.98 Å². The number of carbonyl (C=O) groups excluding carboxylic acids is 1. The summed E-state index contributed by atoms with van der Waals surface area (Å²) in [6, 6.07) is 14.1. The predicted octanol–water partition coefficient (Wildman–Crippen LogP) is 5.27. The van der Waals surface area contributed by atoms with Crippen molar-refractivity contribution in [2.75, 3.05) is 5.32 Å². The van der Waals surface area contributed by atoms with E-state index in [1.165, 1.54) is 11.3 Å². The van der Waals surface area contributed by atoms with Crippen LogP contribution < -0.4 is 5.32 Å². The number of halogens is 3. The van der Waals surface area contributed by atoms with Crippen molar-refractivity contribution in [3.05, 3.63) is 47.8 Å². The van der Waals surface area contributed by atoms with Gasteiger partial charge in [0.15, 0.2) is 5.13 Å². The molecule has 7 heteroatoms. The molecule has 3 aromatic rings. The molecule has 0 atom stereocenters. The minimum Gasteiger partial charge on any atom is -0.298 e. The molecule has 0 unspecified atom stereocenters. The number of fused-ring (bicyclic) bond motifs is 1. The number of anilines is 1. The Kier molecular flexibility index (Phi) is 4.28. The highest BCUT2D eigenvalue weighted by molar-refractivity contribution is 7.14. The highest BCUT2D eigenvalue weighted by Gasteiger charge is 2.31. The molecule has 1 amide bonds. The van der Waals surface area contributed by atoms with E-state index in [0.717, 1.165) is 22.0 Å². The van der Waals surface area contributed by atoms with Crippen LogP contribution in [-0.2, 0) is 4.79 Å². The topological polar surface area (TPSA) is 42.0 Å². The molecule has 0 radical (unpaired) electrons. The third-order valence-corrected chi connectivity index (χ3v) is 4.30. The van der Waals surface area contributed by atoms with Crippen molar-refractivity contribution >= 4 is 68.0 Å². The molecule has 0 aliphatic rings. The minimum absolute atomic E-state index is 0.388. The van der Waals surface area contributed by atoms with Crippen LogP contribution in [0.1, 0.15) is 0 Å². The Labute approximate surface area is 145 Å². The predicted molar refractivity (Wildman–Crippen MR) is 94.0 cm³/mol. The van der Waals surface area contributed by atoms with Crippen LogP contribution in [0.4, 0.5) is 5.13 Å². The minimum atomic E-state index is -2.01. The van der Waals surface area contributed by atoms with E-state index >= 15 is 0 Å². The van der Waals surface area contributed by atoms with Gasteiger partial charge in [-0.2, -0.15) is 0 Å². The molecule has 0 spiro atoms. The molecular weight excluding hydrogens is 363 g/mol. The molecule has 0 fully saturated rings. The fourth-order valence-electron chi connectivity index (χ4n) is 1.98. The zero-order valence-electron chi connectivity index (χ0n) is 11.0. The number of nitrogens with one attached hydrogen (secondary N) is 1. The number of carbonyl (C=O) groups is 1. The van der Waals surface area contributed by atoms with E-state index < -0.39 is 9.70 Å². The first-order valence-electron chi connectivity index (χ1n) is 6.26. The van der Waals surface area contributed by atoms with Gasteiger partial charge >= 0.3 is 0 Å². The zero-order valence-corrected chi connectivity index (χ0v) is 14.1. The summed E-state index contributed by atoms with van der Waals surface area (Å²) < 4.78 is -2.01. The van der Waals surface area contributed by atoms with E-state index in [9.17, 15) is 4.79 Å². The van der Waals surface area contributed by atoms with Gasteiger partial charge in [-0.3, -0.25) is 10.1 Å². The third kappa shape index (κ3) is 3.36. The summed E-state index contributed by atoms with van der Waals surface area (Å²) in [6.07, 6.45) is 0. The summed E-state index contributed by atoms with van der Waals surface area (Å²) in [5.41, 5.74) is 1.72. The number of rotatable bonds is 2. The summed E-state index contributed by atoms with van der Waals surface area (Å²) in [6.45, 7) is 0. The molecule has 3 nitrogen and oxygen atoms in total. The molecular formula is C15H9Cl3N2OS. The lowest BCUT2D eigenvalue weighted by atomic mass is 10.1. The Balaban J connectivity index is 1.87. The van der Waals surface area contributed by atoms with Crippen LogP contribution in [-0.4, -0.2) is 14.7 Å². The van der Waals surface area contributed by atoms with Crippen molar-refractivity contribution < 1.29 is 4.79 Å². The third-order valence-electron chi connectivity index (χ3n) is 3.03. The molecule has 3 rings (SSSR count). The maximum absolute atomic E-state index is 11.6. The van der Waals surface area contributed by atoms with Gasteiger partial charge < -0.3 is 0 Å². The van der Waals surface area contributed by atoms with Crippen LogP contribution in [0, 0.1) is 0 Å². The monoisotopic (exact) mass is 370 g/mol. The molecule has 2 aromatic carbocycles. The lowest BCUT2D eigenvalue weighted by molar-refractivity contribution is -0.115. The Morgan fingerprint density at radius 2 is 1.82 bits per heavy atom. The number of thiazole rings is 1. The number of nitrogens with zero attached hydrogens (tertiary/aromatic N) is 1. The Bertz CT molecular complexity index is 842. The Hall–Kier alpha value is -1.33. The van der Waals surface area contributed by atoms with Gasteiger partial charge in [-0.05, 0) is 16.8 Å². The van der Waals surface area contributed by atoms with E-state index in [1.54, 1.807) is 0 Å². The van der Waals surface area contributed by atoms with E-state index in [1.807, 2.05) is 47.8 Å². The summed E-state index contributed by atoms with van der Waals surface area (Å²) in [5.74, 6) is -0.725. The molecule has 1 heterocycles.